The number of carbonyl (C=O) groups excluding carboxylic acids is 1. The number of halogens is 1. The number of benzene rings is 1. The molecule has 1 aromatic heterocycles. The summed E-state index contributed by atoms with van der Waals surface area (Å²) in [6.45, 7) is 7.16. The predicted octanol–water partition coefficient (Wildman–Crippen LogP) is 2.94. The maximum absolute atomic E-state index is 13.9. The molecule has 0 saturated carbocycles. The first kappa shape index (κ1) is 17.9. The van der Waals surface area contributed by atoms with Crippen LogP contribution in [0.5, 0.6) is 5.75 Å². The molecule has 7 heteroatoms. The molecule has 0 spiro atoms. The maximum Gasteiger partial charge on any atom is 0.329 e. The third kappa shape index (κ3) is 3.72. The second-order valence-electron chi connectivity index (χ2n) is 6.52. The van der Waals surface area contributed by atoms with Crippen molar-refractivity contribution in [3.8, 4) is 5.75 Å². The first-order chi connectivity index (χ1) is 11.1. The van der Waals surface area contributed by atoms with Crippen molar-refractivity contribution in [2.45, 2.75) is 39.3 Å². The fraction of sp³-hybridized carbons (Fsp3) is 0.471. The number of hydrogen-bond acceptors (Lipinski definition) is 6. The van der Waals surface area contributed by atoms with Crippen LogP contribution in [0.15, 0.2) is 18.5 Å². The van der Waals surface area contributed by atoms with Crippen LogP contribution in [0.1, 0.15) is 27.7 Å². The van der Waals surface area contributed by atoms with Crippen LogP contribution in [-0.4, -0.2) is 41.7 Å². The topological polar surface area (TPSA) is 64.5 Å². The van der Waals surface area contributed by atoms with Gasteiger partial charge in [-0.15, -0.1) is 0 Å². The molecule has 2 aromatic rings. The molecule has 0 radical (unpaired) electrons. The summed E-state index contributed by atoms with van der Waals surface area (Å²) in [6.07, 6.45) is 1.34. The van der Waals surface area contributed by atoms with Gasteiger partial charge in [-0.2, -0.15) is 0 Å². The highest BCUT2D eigenvalue weighted by atomic mass is 19.1. The molecule has 0 amide bonds. The average molecular weight is 335 g/mol. The van der Waals surface area contributed by atoms with Crippen LogP contribution >= 0.6 is 0 Å². The second-order valence-corrected chi connectivity index (χ2v) is 6.52. The van der Waals surface area contributed by atoms with E-state index in [0.717, 1.165) is 0 Å². The van der Waals surface area contributed by atoms with E-state index < -0.39 is 17.5 Å². The molecule has 0 bridgehead atoms. The summed E-state index contributed by atoms with van der Waals surface area (Å²) in [5.41, 5.74) is -0.145. The standard InChI is InChI=1S/C17H22FN3O3/c1-10(16(22)24-17(2,3)4)21(5)15-11-7-14(23-6)12(18)8-13(11)19-9-20-15/h7-10H,1-6H3. The van der Waals surface area contributed by atoms with Gasteiger partial charge in [0.1, 0.15) is 23.8 Å². The minimum absolute atomic E-state index is 0.0943. The Balaban J connectivity index is 2.42. The number of anilines is 1. The van der Waals surface area contributed by atoms with Crippen LogP contribution in [-0.2, 0) is 9.53 Å². The maximum atomic E-state index is 13.9. The Morgan fingerprint density at radius 1 is 1.29 bits per heavy atom. The van der Waals surface area contributed by atoms with Crippen LogP contribution in [0.25, 0.3) is 10.9 Å². The number of carbonyl (C=O) groups is 1. The summed E-state index contributed by atoms with van der Waals surface area (Å²) < 4.78 is 24.3. The van der Waals surface area contributed by atoms with Crippen LogP contribution in [0.4, 0.5) is 10.2 Å². The molecular weight excluding hydrogens is 313 g/mol. The summed E-state index contributed by atoms with van der Waals surface area (Å²) in [4.78, 5) is 22.3. The number of likely N-dealkylation sites (N-methyl/N-ethyl adjacent to an activating group) is 1. The predicted molar refractivity (Wildman–Crippen MR) is 89.8 cm³/mol. The van der Waals surface area contributed by atoms with E-state index in [9.17, 15) is 9.18 Å². The fourth-order valence-electron chi connectivity index (χ4n) is 2.21. The highest BCUT2D eigenvalue weighted by Crippen LogP contribution is 2.29. The molecule has 2 rings (SSSR count). The largest absolute Gasteiger partial charge is 0.494 e. The van der Waals surface area contributed by atoms with Gasteiger partial charge in [-0.1, -0.05) is 0 Å². The number of fused-ring (bicyclic) bond motifs is 1. The average Bonchev–Trinajstić information content (AvgIpc) is 2.50. The van der Waals surface area contributed by atoms with E-state index in [0.29, 0.717) is 16.7 Å². The van der Waals surface area contributed by atoms with Crippen molar-refractivity contribution in [3.05, 3.63) is 24.3 Å². The Morgan fingerprint density at radius 2 is 1.96 bits per heavy atom. The van der Waals surface area contributed by atoms with E-state index in [2.05, 4.69) is 9.97 Å². The molecule has 0 fully saturated rings. The molecular formula is C17H22FN3O3. The molecule has 0 saturated heterocycles. The Hall–Kier alpha value is -2.44. The monoisotopic (exact) mass is 335 g/mol. The van der Waals surface area contributed by atoms with Crippen LogP contribution in [0, 0.1) is 5.82 Å². The van der Waals surface area contributed by atoms with Crippen molar-refractivity contribution in [2.75, 3.05) is 19.1 Å². The molecule has 24 heavy (non-hydrogen) atoms. The highest BCUT2D eigenvalue weighted by Gasteiger charge is 2.26. The zero-order chi connectivity index (χ0) is 18.1. The van der Waals surface area contributed by atoms with Gasteiger partial charge in [0.15, 0.2) is 11.6 Å². The van der Waals surface area contributed by atoms with E-state index >= 15 is 0 Å². The van der Waals surface area contributed by atoms with Gasteiger partial charge in [-0.05, 0) is 33.8 Å². The van der Waals surface area contributed by atoms with Crippen LogP contribution in [0.2, 0.25) is 0 Å². The summed E-state index contributed by atoms with van der Waals surface area (Å²) in [7, 11) is 3.12. The molecule has 0 aliphatic heterocycles. The van der Waals surface area contributed by atoms with Crippen molar-refractivity contribution in [2.24, 2.45) is 0 Å². The number of methoxy groups -OCH3 is 1. The quantitative estimate of drug-likeness (QED) is 0.801. The van der Waals surface area contributed by atoms with Crippen molar-refractivity contribution in [1.82, 2.24) is 9.97 Å². The zero-order valence-electron chi connectivity index (χ0n) is 14.8. The molecule has 1 heterocycles. The summed E-state index contributed by atoms with van der Waals surface area (Å²) >= 11 is 0. The van der Waals surface area contributed by atoms with Gasteiger partial charge in [0.25, 0.3) is 0 Å². The van der Waals surface area contributed by atoms with E-state index in [4.69, 9.17) is 9.47 Å². The van der Waals surface area contributed by atoms with Gasteiger partial charge in [0, 0.05) is 18.5 Å². The van der Waals surface area contributed by atoms with E-state index in [-0.39, 0.29) is 11.7 Å². The lowest BCUT2D eigenvalue weighted by molar-refractivity contribution is -0.156. The third-order valence-corrected chi connectivity index (χ3v) is 3.55. The first-order valence-electron chi connectivity index (χ1n) is 7.58. The second kappa shape index (κ2) is 6.59. The molecule has 0 N–H and O–H groups in total. The summed E-state index contributed by atoms with van der Waals surface area (Å²) in [5.74, 6) is -0.281. The number of esters is 1. The minimum atomic E-state index is -0.577. The van der Waals surface area contributed by atoms with Gasteiger partial charge < -0.3 is 14.4 Å². The normalized spacial score (nSPS) is 12.8. The van der Waals surface area contributed by atoms with Gasteiger partial charge in [0.05, 0.1) is 12.6 Å². The van der Waals surface area contributed by atoms with E-state index in [1.54, 1.807) is 18.9 Å². The van der Waals surface area contributed by atoms with Crippen molar-refractivity contribution in [3.63, 3.8) is 0 Å². The van der Waals surface area contributed by atoms with E-state index in [1.807, 2.05) is 20.8 Å². The lowest BCUT2D eigenvalue weighted by Crippen LogP contribution is -2.41. The lowest BCUT2D eigenvalue weighted by Gasteiger charge is -2.28. The molecule has 1 aromatic carbocycles. The SMILES string of the molecule is COc1cc2c(N(C)C(C)C(=O)OC(C)(C)C)ncnc2cc1F. The number of aromatic nitrogens is 2. The Labute approximate surface area is 140 Å². The Bertz CT molecular complexity index is 759. The van der Waals surface area contributed by atoms with E-state index in [1.165, 1.54) is 25.6 Å². The molecule has 0 aliphatic carbocycles. The Morgan fingerprint density at radius 3 is 2.54 bits per heavy atom. The van der Waals surface area contributed by atoms with Gasteiger partial charge in [0.2, 0.25) is 0 Å². The van der Waals surface area contributed by atoms with Gasteiger partial charge in [-0.3, -0.25) is 0 Å². The number of nitrogens with zero attached hydrogens (tertiary/aromatic N) is 3. The number of hydrogen-bond donors (Lipinski definition) is 0. The number of ether oxygens (including phenoxy) is 2. The first-order valence-corrected chi connectivity index (χ1v) is 7.58. The van der Waals surface area contributed by atoms with Gasteiger partial charge in [-0.25, -0.2) is 19.2 Å². The summed E-state index contributed by atoms with van der Waals surface area (Å²) in [5, 5.41) is 0.591. The number of rotatable bonds is 4. The smallest absolute Gasteiger partial charge is 0.329 e. The summed E-state index contributed by atoms with van der Waals surface area (Å²) in [6, 6.07) is 2.24. The third-order valence-electron chi connectivity index (χ3n) is 3.55. The fourth-order valence-corrected chi connectivity index (χ4v) is 2.21. The molecule has 1 unspecified atom stereocenters. The van der Waals surface area contributed by atoms with Crippen LogP contribution in [0.3, 0.4) is 0 Å². The molecule has 6 nitrogen and oxygen atoms in total. The van der Waals surface area contributed by atoms with Crippen molar-refractivity contribution >= 4 is 22.7 Å². The molecule has 0 aliphatic rings. The lowest BCUT2D eigenvalue weighted by atomic mass is 10.1. The van der Waals surface area contributed by atoms with Crippen molar-refractivity contribution in [1.29, 1.82) is 0 Å². The molecule has 1 atom stereocenters. The highest BCUT2D eigenvalue weighted by molar-refractivity contribution is 5.92. The minimum Gasteiger partial charge on any atom is -0.494 e. The Kier molecular flexibility index (Phi) is 4.91. The van der Waals surface area contributed by atoms with Crippen LogP contribution < -0.4 is 9.64 Å². The molecule has 130 valence electrons. The van der Waals surface area contributed by atoms with Gasteiger partial charge >= 0.3 is 5.97 Å². The van der Waals surface area contributed by atoms with Crippen molar-refractivity contribution < 1.29 is 18.7 Å². The zero-order valence-corrected chi connectivity index (χ0v) is 14.8.